The summed E-state index contributed by atoms with van der Waals surface area (Å²) in [5.74, 6) is 0.0718. The quantitative estimate of drug-likeness (QED) is 0.677. The Bertz CT molecular complexity index is 950. The molecule has 2 heterocycles. The highest BCUT2D eigenvalue weighted by Gasteiger charge is 2.30. The highest BCUT2D eigenvalue weighted by molar-refractivity contribution is 5.93. The summed E-state index contributed by atoms with van der Waals surface area (Å²) < 4.78 is 5.30. The average Bonchev–Trinajstić information content (AvgIpc) is 3.25. The monoisotopic (exact) mass is 374 g/mol. The second-order valence-corrected chi connectivity index (χ2v) is 7.16. The lowest BCUT2D eigenvalue weighted by Gasteiger charge is -2.31. The Morgan fingerprint density at radius 3 is 2.50 bits per heavy atom. The van der Waals surface area contributed by atoms with E-state index in [0.717, 1.165) is 24.0 Å². The Labute approximate surface area is 164 Å². The molecule has 3 aromatic rings. The number of ketones is 1. The van der Waals surface area contributed by atoms with E-state index in [1.54, 1.807) is 11.0 Å². The fourth-order valence-corrected chi connectivity index (χ4v) is 3.64. The Kier molecular flexibility index (Phi) is 5.33. The molecule has 28 heavy (non-hydrogen) atoms. The van der Waals surface area contributed by atoms with Gasteiger partial charge in [-0.25, -0.2) is 0 Å². The van der Waals surface area contributed by atoms with E-state index < -0.39 is 0 Å². The molecule has 0 radical (unpaired) electrons. The van der Waals surface area contributed by atoms with Crippen molar-refractivity contribution in [3.8, 4) is 11.3 Å². The summed E-state index contributed by atoms with van der Waals surface area (Å²) >= 11 is 0. The van der Waals surface area contributed by atoms with Gasteiger partial charge in [-0.15, -0.1) is 0 Å². The van der Waals surface area contributed by atoms with Crippen LogP contribution in [-0.4, -0.2) is 34.8 Å². The molecule has 1 aromatic heterocycles. The number of nitrogens with zero attached hydrogens (tertiary/aromatic N) is 2. The Morgan fingerprint density at radius 2 is 1.75 bits per heavy atom. The van der Waals surface area contributed by atoms with Gasteiger partial charge in [0.2, 0.25) is 5.76 Å². The fraction of sp³-hybridized carbons (Fsp3) is 0.261. The second kappa shape index (κ2) is 8.21. The predicted molar refractivity (Wildman–Crippen MR) is 106 cm³/mol. The van der Waals surface area contributed by atoms with E-state index in [1.165, 1.54) is 0 Å². The summed E-state index contributed by atoms with van der Waals surface area (Å²) in [4.78, 5) is 27.3. The molecule has 1 saturated heterocycles. The number of likely N-dealkylation sites (tertiary alicyclic amines) is 1. The summed E-state index contributed by atoms with van der Waals surface area (Å²) in [5.41, 5.74) is 2.55. The predicted octanol–water partition coefficient (Wildman–Crippen LogP) is 4.01. The van der Waals surface area contributed by atoms with Crippen molar-refractivity contribution in [2.75, 3.05) is 13.1 Å². The van der Waals surface area contributed by atoms with Gasteiger partial charge in [0, 0.05) is 37.1 Å². The van der Waals surface area contributed by atoms with E-state index in [4.69, 9.17) is 4.52 Å². The first-order valence-electron chi connectivity index (χ1n) is 9.59. The highest BCUT2D eigenvalue weighted by Crippen LogP contribution is 2.23. The maximum Gasteiger partial charge on any atom is 0.292 e. The zero-order chi connectivity index (χ0) is 19.3. The molecule has 0 bridgehead atoms. The number of rotatable bonds is 5. The van der Waals surface area contributed by atoms with Crippen molar-refractivity contribution in [1.82, 2.24) is 10.1 Å². The normalized spacial score (nSPS) is 16.7. The zero-order valence-electron chi connectivity index (χ0n) is 15.6. The fourth-order valence-electron chi connectivity index (χ4n) is 3.64. The number of hydrogen-bond acceptors (Lipinski definition) is 4. The first-order valence-corrected chi connectivity index (χ1v) is 9.59. The minimum Gasteiger partial charge on any atom is -0.350 e. The molecule has 1 aliphatic heterocycles. The molecule has 0 spiro atoms. The molecule has 1 atom stereocenters. The lowest BCUT2D eigenvalue weighted by Crippen LogP contribution is -2.42. The van der Waals surface area contributed by atoms with Crippen molar-refractivity contribution in [3.63, 3.8) is 0 Å². The molecule has 142 valence electrons. The van der Waals surface area contributed by atoms with Crippen LogP contribution in [0.15, 0.2) is 71.3 Å². The number of carbonyl (C=O) groups excluding carboxylic acids is 2. The van der Waals surface area contributed by atoms with E-state index in [1.807, 2.05) is 60.7 Å². The summed E-state index contributed by atoms with van der Waals surface area (Å²) in [6.45, 7) is 1.07. The molecule has 5 nitrogen and oxygen atoms in total. The minimum absolute atomic E-state index is 0.130. The van der Waals surface area contributed by atoms with Gasteiger partial charge in [0.25, 0.3) is 5.91 Å². The van der Waals surface area contributed by atoms with Gasteiger partial charge in [-0.05, 0) is 18.4 Å². The largest absolute Gasteiger partial charge is 0.350 e. The van der Waals surface area contributed by atoms with E-state index in [-0.39, 0.29) is 23.4 Å². The Hall–Kier alpha value is -3.21. The molecule has 0 aliphatic carbocycles. The third-order valence-corrected chi connectivity index (χ3v) is 5.18. The van der Waals surface area contributed by atoms with Crippen LogP contribution in [0.25, 0.3) is 11.3 Å². The Balaban J connectivity index is 1.42. The second-order valence-electron chi connectivity index (χ2n) is 7.16. The van der Waals surface area contributed by atoms with Gasteiger partial charge in [-0.1, -0.05) is 65.8 Å². The maximum absolute atomic E-state index is 12.9. The molecule has 1 unspecified atom stereocenters. The average molecular weight is 374 g/mol. The smallest absolute Gasteiger partial charge is 0.292 e. The van der Waals surface area contributed by atoms with Crippen LogP contribution in [-0.2, 0) is 11.2 Å². The van der Waals surface area contributed by atoms with Crippen LogP contribution in [0.4, 0.5) is 0 Å². The zero-order valence-corrected chi connectivity index (χ0v) is 15.6. The third kappa shape index (κ3) is 4.03. The van der Waals surface area contributed by atoms with Crippen LogP contribution in [0.2, 0.25) is 0 Å². The van der Waals surface area contributed by atoms with Crippen LogP contribution >= 0.6 is 0 Å². The van der Waals surface area contributed by atoms with Crippen LogP contribution in [0.5, 0.6) is 0 Å². The third-order valence-electron chi connectivity index (χ3n) is 5.18. The van der Waals surface area contributed by atoms with Gasteiger partial charge >= 0.3 is 0 Å². The molecule has 2 aromatic carbocycles. The van der Waals surface area contributed by atoms with Crippen molar-refractivity contribution in [3.05, 3.63) is 78.1 Å². The summed E-state index contributed by atoms with van der Waals surface area (Å²) in [6.07, 6.45) is 2.05. The van der Waals surface area contributed by atoms with Gasteiger partial charge in [-0.2, -0.15) is 0 Å². The van der Waals surface area contributed by atoms with Crippen molar-refractivity contribution in [2.45, 2.75) is 19.3 Å². The standard InChI is InChI=1S/C23H22N2O3/c26-21(14-17-8-3-1-4-9-17)19-12-7-13-25(16-19)23(27)22-15-20(24-28-22)18-10-5-2-6-11-18/h1-6,8-11,15,19H,7,12-14,16H2. The molecule has 1 aliphatic rings. The van der Waals surface area contributed by atoms with Crippen LogP contribution in [0.1, 0.15) is 29.0 Å². The number of amides is 1. The number of piperidine rings is 1. The van der Waals surface area contributed by atoms with Crippen molar-refractivity contribution in [2.24, 2.45) is 5.92 Å². The van der Waals surface area contributed by atoms with Crippen LogP contribution < -0.4 is 0 Å². The lowest BCUT2D eigenvalue weighted by atomic mass is 9.90. The van der Waals surface area contributed by atoms with Crippen LogP contribution in [0, 0.1) is 5.92 Å². The molecular formula is C23H22N2O3. The van der Waals surface area contributed by atoms with Crippen molar-refractivity contribution in [1.29, 1.82) is 0 Å². The van der Waals surface area contributed by atoms with Gasteiger partial charge in [0.1, 0.15) is 11.5 Å². The number of hydrogen-bond donors (Lipinski definition) is 0. The maximum atomic E-state index is 12.9. The molecule has 0 N–H and O–H groups in total. The lowest BCUT2D eigenvalue weighted by molar-refractivity contribution is -0.123. The summed E-state index contributed by atoms with van der Waals surface area (Å²) in [5, 5.41) is 4.02. The van der Waals surface area contributed by atoms with E-state index in [0.29, 0.717) is 25.2 Å². The van der Waals surface area contributed by atoms with E-state index in [9.17, 15) is 9.59 Å². The van der Waals surface area contributed by atoms with Gasteiger partial charge < -0.3 is 9.42 Å². The van der Waals surface area contributed by atoms with E-state index in [2.05, 4.69) is 5.16 Å². The van der Waals surface area contributed by atoms with E-state index >= 15 is 0 Å². The first-order chi connectivity index (χ1) is 13.7. The first kappa shape index (κ1) is 18.2. The summed E-state index contributed by atoms with van der Waals surface area (Å²) in [7, 11) is 0. The topological polar surface area (TPSA) is 63.4 Å². The molecule has 1 fully saturated rings. The van der Waals surface area contributed by atoms with Gasteiger partial charge in [-0.3, -0.25) is 9.59 Å². The number of carbonyl (C=O) groups is 2. The number of aromatic nitrogens is 1. The molecule has 0 saturated carbocycles. The summed E-state index contributed by atoms with van der Waals surface area (Å²) in [6, 6.07) is 21.0. The molecular weight excluding hydrogens is 352 g/mol. The van der Waals surface area contributed by atoms with Gasteiger partial charge in [0.05, 0.1) is 0 Å². The van der Waals surface area contributed by atoms with Crippen molar-refractivity contribution >= 4 is 11.7 Å². The minimum atomic E-state index is -0.202. The SMILES string of the molecule is O=C(Cc1ccccc1)C1CCCN(C(=O)c2cc(-c3ccccc3)no2)C1. The molecule has 5 heteroatoms. The van der Waals surface area contributed by atoms with Crippen LogP contribution in [0.3, 0.4) is 0 Å². The van der Waals surface area contributed by atoms with Crippen molar-refractivity contribution < 1.29 is 14.1 Å². The Morgan fingerprint density at radius 1 is 1.04 bits per heavy atom. The molecule has 4 rings (SSSR count). The molecule has 1 amide bonds. The number of benzene rings is 2. The number of Topliss-reactive ketones (excluding diaryl/α,β-unsaturated/α-hetero) is 1. The van der Waals surface area contributed by atoms with Gasteiger partial charge in [0.15, 0.2) is 0 Å². The highest BCUT2D eigenvalue weighted by atomic mass is 16.5.